The first-order valence-corrected chi connectivity index (χ1v) is 7.49. The molecule has 0 fully saturated rings. The van der Waals surface area contributed by atoms with Gasteiger partial charge in [0.05, 0.1) is 5.56 Å². The fraction of sp³-hybridized carbons (Fsp3) is 0.600. The van der Waals surface area contributed by atoms with Crippen molar-refractivity contribution in [2.24, 2.45) is 5.73 Å². The van der Waals surface area contributed by atoms with E-state index in [9.17, 15) is 0 Å². The summed E-state index contributed by atoms with van der Waals surface area (Å²) in [5.74, 6) is 0.799. The second-order valence-electron chi connectivity index (χ2n) is 5.33. The molecule has 3 N–H and O–H groups in total. The number of thiocarbonyl (C=S) groups is 1. The minimum atomic E-state index is 0.396. The predicted molar refractivity (Wildman–Crippen MR) is 90.5 cm³/mol. The van der Waals surface area contributed by atoms with Crippen LogP contribution >= 0.6 is 12.2 Å². The van der Waals surface area contributed by atoms with Crippen LogP contribution in [0.2, 0.25) is 0 Å². The Bertz CT molecular complexity index is 473. The molecule has 20 heavy (non-hydrogen) atoms. The number of hydrogen-bond donors (Lipinski definition) is 2. The fourth-order valence-corrected chi connectivity index (χ4v) is 2.42. The van der Waals surface area contributed by atoms with Crippen molar-refractivity contribution in [3.05, 3.63) is 22.9 Å². The first-order valence-electron chi connectivity index (χ1n) is 7.09. The van der Waals surface area contributed by atoms with Crippen molar-refractivity contribution >= 4 is 23.0 Å². The number of nitrogens with two attached hydrogens (primary N) is 1. The number of aryl methyl sites for hydroxylation is 2. The molecular weight excluding hydrogens is 268 g/mol. The van der Waals surface area contributed by atoms with E-state index in [-0.39, 0.29) is 0 Å². The summed E-state index contributed by atoms with van der Waals surface area (Å²) in [5, 5.41) is 3.37. The summed E-state index contributed by atoms with van der Waals surface area (Å²) in [6.45, 7) is 10.2. The van der Waals surface area contributed by atoms with Crippen molar-refractivity contribution in [2.45, 2.75) is 40.2 Å². The molecule has 1 atom stereocenters. The fourth-order valence-electron chi connectivity index (χ4n) is 2.16. The van der Waals surface area contributed by atoms with Crippen LogP contribution in [0.3, 0.4) is 0 Å². The Hall–Kier alpha value is -1.20. The first kappa shape index (κ1) is 16.9. The maximum atomic E-state index is 5.81. The number of nitrogens with zero attached hydrogens (tertiary/aromatic N) is 2. The topological polar surface area (TPSA) is 54.2 Å². The molecule has 1 aromatic heterocycles. The van der Waals surface area contributed by atoms with Crippen LogP contribution in [0.15, 0.2) is 6.07 Å². The molecule has 0 aliphatic rings. The van der Waals surface area contributed by atoms with E-state index in [2.05, 4.69) is 36.1 Å². The maximum Gasteiger partial charge on any atom is 0.136 e. The third kappa shape index (κ3) is 4.42. The van der Waals surface area contributed by atoms with Crippen LogP contribution in [0.4, 0.5) is 5.82 Å². The number of nitrogens with one attached hydrogen (secondary N) is 1. The second kappa shape index (κ2) is 7.55. The number of pyridine rings is 1. The van der Waals surface area contributed by atoms with E-state index in [0.717, 1.165) is 42.1 Å². The van der Waals surface area contributed by atoms with Gasteiger partial charge in [-0.15, -0.1) is 0 Å². The predicted octanol–water partition coefficient (Wildman–Crippen LogP) is 2.47. The van der Waals surface area contributed by atoms with E-state index >= 15 is 0 Å². The van der Waals surface area contributed by atoms with Crippen LogP contribution in [0.25, 0.3) is 0 Å². The first-order chi connectivity index (χ1) is 9.36. The molecule has 0 amide bonds. The van der Waals surface area contributed by atoms with E-state index in [1.807, 2.05) is 19.9 Å². The maximum absolute atomic E-state index is 5.81. The van der Waals surface area contributed by atoms with Crippen LogP contribution in [-0.4, -0.2) is 41.1 Å². The van der Waals surface area contributed by atoms with Crippen LogP contribution in [0.5, 0.6) is 0 Å². The Kier molecular flexibility index (Phi) is 6.36. The molecular formula is C15H26N4S. The lowest BCUT2D eigenvalue weighted by Crippen LogP contribution is -2.33. The van der Waals surface area contributed by atoms with Crippen LogP contribution in [-0.2, 0) is 0 Å². The summed E-state index contributed by atoms with van der Waals surface area (Å²) < 4.78 is 0. The Labute approximate surface area is 127 Å². The van der Waals surface area contributed by atoms with Gasteiger partial charge in [0.15, 0.2) is 0 Å². The van der Waals surface area contributed by atoms with Gasteiger partial charge in [-0.1, -0.05) is 19.1 Å². The lowest BCUT2D eigenvalue weighted by atomic mass is 10.1. The van der Waals surface area contributed by atoms with Gasteiger partial charge < -0.3 is 16.0 Å². The van der Waals surface area contributed by atoms with Crippen molar-refractivity contribution < 1.29 is 0 Å². The average Bonchev–Trinajstić information content (AvgIpc) is 2.36. The number of anilines is 1. The molecule has 0 bridgehead atoms. The normalized spacial score (nSPS) is 12.5. The highest BCUT2D eigenvalue weighted by Gasteiger charge is 2.12. The zero-order valence-corrected chi connectivity index (χ0v) is 14.0. The molecule has 1 heterocycles. The van der Waals surface area contributed by atoms with Crippen LogP contribution in [0.1, 0.15) is 37.1 Å². The standard InChI is InChI=1S/C15H26N4S/c1-6-12(4)19(5)8-7-17-15-13(14(16)20)10(2)9-11(3)18-15/h9,12H,6-8H2,1-5H3,(H2,16,20)(H,17,18). The summed E-state index contributed by atoms with van der Waals surface area (Å²) in [4.78, 5) is 7.25. The van der Waals surface area contributed by atoms with Gasteiger partial charge in [-0.2, -0.15) is 0 Å². The summed E-state index contributed by atoms with van der Waals surface area (Å²) in [6, 6.07) is 2.59. The molecule has 1 rings (SSSR count). The van der Waals surface area contributed by atoms with Crippen LogP contribution in [0, 0.1) is 13.8 Å². The molecule has 0 saturated carbocycles. The molecule has 5 heteroatoms. The Morgan fingerprint density at radius 3 is 2.70 bits per heavy atom. The Balaban J connectivity index is 2.75. The van der Waals surface area contributed by atoms with Crippen LogP contribution < -0.4 is 11.1 Å². The molecule has 0 aromatic carbocycles. The van der Waals surface area contributed by atoms with E-state index in [4.69, 9.17) is 18.0 Å². The van der Waals surface area contributed by atoms with Gasteiger partial charge in [-0.05, 0) is 45.9 Å². The summed E-state index contributed by atoms with van der Waals surface area (Å²) in [5.41, 5.74) is 8.71. The van der Waals surface area contributed by atoms with Gasteiger partial charge in [0.25, 0.3) is 0 Å². The third-order valence-electron chi connectivity index (χ3n) is 3.69. The molecule has 1 unspecified atom stereocenters. The highest BCUT2D eigenvalue weighted by atomic mass is 32.1. The van der Waals surface area contributed by atoms with Gasteiger partial charge >= 0.3 is 0 Å². The second-order valence-corrected chi connectivity index (χ2v) is 5.77. The molecule has 0 radical (unpaired) electrons. The van der Waals surface area contributed by atoms with Crippen molar-refractivity contribution in [3.8, 4) is 0 Å². The lowest BCUT2D eigenvalue weighted by Gasteiger charge is -2.24. The van der Waals surface area contributed by atoms with Gasteiger partial charge in [0.2, 0.25) is 0 Å². The highest BCUT2D eigenvalue weighted by molar-refractivity contribution is 7.80. The smallest absolute Gasteiger partial charge is 0.136 e. The Morgan fingerprint density at radius 2 is 2.15 bits per heavy atom. The lowest BCUT2D eigenvalue weighted by molar-refractivity contribution is 0.261. The number of aromatic nitrogens is 1. The van der Waals surface area contributed by atoms with E-state index in [0.29, 0.717) is 11.0 Å². The largest absolute Gasteiger partial charge is 0.389 e. The van der Waals surface area contributed by atoms with E-state index in [1.54, 1.807) is 0 Å². The SMILES string of the molecule is CCC(C)N(C)CCNc1nc(C)cc(C)c1C(N)=S. The van der Waals surface area contributed by atoms with Crippen molar-refractivity contribution in [1.82, 2.24) is 9.88 Å². The monoisotopic (exact) mass is 294 g/mol. The number of hydrogen-bond acceptors (Lipinski definition) is 4. The number of likely N-dealkylation sites (N-methyl/N-ethyl adjacent to an activating group) is 1. The molecule has 0 aliphatic heterocycles. The molecule has 0 spiro atoms. The summed E-state index contributed by atoms with van der Waals surface area (Å²) in [6.07, 6.45) is 1.15. The molecule has 0 aliphatic carbocycles. The third-order valence-corrected chi connectivity index (χ3v) is 3.90. The van der Waals surface area contributed by atoms with Crippen molar-refractivity contribution in [3.63, 3.8) is 0 Å². The zero-order chi connectivity index (χ0) is 15.3. The van der Waals surface area contributed by atoms with Gasteiger partial charge in [0.1, 0.15) is 10.8 Å². The van der Waals surface area contributed by atoms with E-state index in [1.165, 1.54) is 0 Å². The molecule has 1 aromatic rings. The molecule has 112 valence electrons. The van der Waals surface area contributed by atoms with Gasteiger partial charge in [0, 0.05) is 24.8 Å². The Morgan fingerprint density at radius 1 is 1.50 bits per heavy atom. The van der Waals surface area contributed by atoms with E-state index < -0.39 is 0 Å². The van der Waals surface area contributed by atoms with Gasteiger partial charge in [-0.3, -0.25) is 0 Å². The zero-order valence-electron chi connectivity index (χ0n) is 13.2. The summed E-state index contributed by atoms with van der Waals surface area (Å²) >= 11 is 5.13. The highest BCUT2D eigenvalue weighted by Crippen LogP contribution is 2.18. The average molecular weight is 294 g/mol. The van der Waals surface area contributed by atoms with Crippen molar-refractivity contribution in [2.75, 3.05) is 25.5 Å². The van der Waals surface area contributed by atoms with Gasteiger partial charge in [-0.25, -0.2) is 4.98 Å². The summed E-state index contributed by atoms with van der Waals surface area (Å²) in [7, 11) is 2.14. The van der Waals surface area contributed by atoms with Crippen molar-refractivity contribution in [1.29, 1.82) is 0 Å². The molecule has 4 nitrogen and oxygen atoms in total. The molecule has 0 saturated heterocycles. The quantitative estimate of drug-likeness (QED) is 0.757. The minimum absolute atomic E-state index is 0.396. The number of rotatable bonds is 7. The minimum Gasteiger partial charge on any atom is -0.389 e.